The molecular formula is C14H20F2N2O2. The zero-order valence-corrected chi connectivity index (χ0v) is 11.9. The lowest BCUT2D eigenvalue weighted by molar-refractivity contribution is 0.130. The SMILES string of the molecule is CCN(CC)C(=O)NC(C)C(O)c1ccc(F)c(F)c1. The van der Waals surface area contributed by atoms with Gasteiger partial charge in [-0.2, -0.15) is 0 Å². The number of hydrogen-bond acceptors (Lipinski definition) is 2. The Bertz CT molecular complexity index is 464. The molecule has 2 unspecified atom stereocenters. The van der Waals surface area contributed by atoms with Crippen molar-refractivity contribution in [3.05, 3.63) is 35.4 Å². The molecule has 20 heavy (non-hydrogen) atoms. The summed E-state index contributed by atoms with van der Waals surface area (Å²) in [7, 11) is 0. The molecule has 4 nitrogen and oxygen atoms in total. The molecule has 112 valence electrons. The number of amides is 2. The van der Waals surface area contributed by atoms with Crippen LogP contribution in [0.2, 0.25) is 0 Å². The Balaban J connectivity index is 2.73. The van der Waals surface area contributed by atoms with Gasteiger partial charge in [-0.15, -0.1) is 0 Å². The third kappa shape index (κ3) is 3.90. The van der Waals surface area contributed by atoms with Crippen LogP contribution in [0.5, 0.6) is 0 Å². The first kappa shape index (κ1) is 16.4. The van der Waals surface area contributed by atoms with Crippen molar-refractivity contribution in [2.24, 2.45) is 0 Å². The van der Waals surface area contributed by atoms with Crippen LogP contribution in [0.4, 0.5) is 13.6 Å². The van der Waals surface area contributed by atoms with E-state index in [-0.39, 0.29) is 11.6 Å². The lowest BCUT2D eigenvalue weighted by Gasteiger charge is -2.25. The van der Waals surface area contributed by atoms with Crippen molar-refractivity contribution in [1.82, 2.24) is 10.2 Å². The zero-order chi connectivity index (χ0) is 15.3. The third-order valence-corrected chi connectivity index (χ3v) is 3.16. The highest BCUT2D eigenvalue weighted by Crippen LogP contribution is 2.19. The molecule has 2 N–H and O–H groups in total. The molecule has 0 saturated heterocycles. The van der Waals surface area contributed by atoms with Crippen LogP contribution in [0.3, 0.4) is 0 Å². The van der Waals surface area contributed by atoms with Crippen LogP contribution in [0.1, 0.15) is 32.4 Å². The third-order valence-electron chi connectivity index (χ3n) is 3.16. The Morgan fingerprint density at radius 2 is 1.90 bits per heavy atom. The summed E-state index contributed by atoms with van der Waals surface area (Å²) in [5, 5.41) is 12.7. The van der Waals surface area contributed by atoms with Gasteiger partial charge in [0.15, 0.2) is 11.6 Å². The second-order valence-corrected chi connectivity index (χ2v) is 4.53. The van der Waals surface area contributed by atoms with E-state index in [2.05, 4.69) is 5.32 Å². The minimum absolute atomic E-state index is 0.219. The lowest BCUT2D eigenvalue weighted by Crippen LogP contribution is -2.45. The maximum atomic E-state index is 13.1. The molecule has 2 amide bonds. The Morgan fingerprint density at radius 3 is 2.40 bits per heavy atom. The number of carbonyl (C=O) groups is 1. The van der Waals surface area contributed by atoms with E-state index in [0.717, 1.165) is 12.1 Å². The summed E-state index contributed by atoms with van der Waals surface area (Å²) in [6, 6.07) is 2.26. The number of nitrogens with one attached hydrogen (secondary N) is 1. The van der Waals surface area contributed by atoms with Crippen molar-refractivity contribution in [1.29, 1.82) is 0 Å². The molecule has 1 rings (SSSR count). The lowest BCUT2D eigenvalue weighted by atomic mass is 10.0. The maximum Gasteiger partial charge on any atom is 0.317 e. The molecule has 0 saturated carbocycles. The molecule has 0 aromatic heterocycles. The molecule has 0 fully saturated rings. The van der Waals surface area contributed by atoms with Gasteiger partial charge in [0.25, 0.3) is 0 Å². The highest BCUT2D eigenvalue weighted by atomic mass is 19.2. The highest BCUT2D eigenvalue weighted by Gasteiger charge is 2.21. The van der Waals surface area contributed by atoms with Crippen molar-refractivity contribution in [2.75, 3.05) is 13.1 Å². The van der Waals surface area contributed by atoms with Gasteiger partial charge >= 0.3 is 6.03 Å². The molecule has 6 heteroatoms. The molecule has 0 spiro atoms. The van der Waals surface area contributed by atoms with Crippen molar-refractivity contribution in [3.63, 3.8) is 0 Å². The summed E-state index contributed by atoms with van der Waals surface area (Å²) >= 11 is 0. The van der Waals surface area contributed by atoms with E-state index in [1.165, 1.54) is 6.07 Å². The van der Waals surface area contributed by atoms with Crippen LogP contribution in [0.15, 0.2) is 18.2 Å². The van der Waals surface area contributed by atoms with Gasteiger partial charge in [-0.1, -0.05) is 6.07 Å². The molecule has 0 radical (unpaired) electrons. The first-order valence-electron chi connectivity index (χ1n) is 6.59. The van der Waals surface area contributed by atoms with Crippen LogP contribution in [-0.2, 0) is 0 Å². The van der Waals surface area contributed by atoms with Gasteiger partial charge in [0.05, 0.1) is 12.1 Å². The van der Waals surface area contributed by atoms with Crippen molar-refractivity contribution in [3.8, 4) is 0 Å². The summed E-state index contributed by atoms with van der Waals surface area (Å²) in [5.41, 5.74) is 0.219. The molecule has 0 aliphatic carbocycles. The van der Waals surface area contributed by atoms with Crippen molar-refractivity contribution < 1.29 is 18.7 Å². The first-order valence-corrected chi connectivity index (χ1v) is 6.59. The summed E-state index contributed by atoms with van der Waals surface area (Å²) in [6.07, 6.45) is -1.11. The molecule has 1 aromatic rings. The minimum atomic E-state index is -1.11. The fourth-order valence-corrected chi connectivity index (χ4v) is 1.86. The van der Waals surface area contributed by atoms with Gasteiger partial charge in [0, 0.05) is 13.1 Å². The maximum absolute atomic E-state index is 13.1. The molecule has 2 atom stereocenters. The van der Waals surface area contributed by atoms with Crippen LogP contribution in [0, 0.1) is 11.6 Å². The van der Waals surface area contributed by atoms with E-state index in [4.69, 9.17) is 0 Å². The summed E-state index contributed by atoms with van der Waals surface area (Å²) in [4.78, 5) is 13.4. The van der Waals surface area contributed by atoms with Crippen LogP contribution in [-0.4, -0.2) is 35.2 Å². The standard InChI is InChI=1S/C14H20F2N2O2/c1-4-18(5-2)14(20)17-9(3)13(19)10-6-7-11(15)12(16)8-10/h6-9,13,19H,4-5H2,1-3H3,(H,17,20). The van der Waals surface area contributed by atoms with Crippen LogP contribution in [0.25, 0.3) is 0 Å². The number of hydrogen-bond donors (Lipinski definition) is 2. The van der Waals surface area contributed by atoms with Crippen LogP contribution < -0.4 is 5.32 Å². The van der Waals surface area contributed by atoms with Gasteiger partial charge in [0.1, 0.15) is 0 Å². The monoisotopic (exact) mass is 286 g/mol. The number of aliphatic hydroxyl groups excluding tert-OH is 1. The van der Waals surface area contributed by atoms with Crippen molar-refractivity contribution in [2.45, 2.75) is 32.9 Å². The molecule has 0 aliphatic heterocycles. The summed E-state index contributed by atoms with van der Waals surface area (Å²) < 4.78 is 26.0. The Hall–Kier alpha value is -1.69. The Labute approximate surface area is 117 Å². The number of halogens is 2. The molecule has 0 heterocycles. The molecular weight excluding hydrogens is 266 g/mol. The fourth-order valence-electron chi connectivity index (χ4n) is 1.86. The number of rotatable bonds is 5. The second-order valence-electron chi connectivity index (χ2n) is 4.53. The molecule has 1 aromatic carbocycles. The fraction of sp³-hybridized carbons (Fsp3) is 0.500. The van der Waals surface area contributed by atoms with E-state index >= 15 is 0 Å². The predicted molar refractivity (Wildman–Crippen MR) is 72.2 cm³/mol. The van der Waals surface area contributed by atoms with Crippen LogP contribution >= 0.6 is 0 Å². The van der Waals surface area contributed by atoms with Gasteiger partial charge in [-0.05, 0) is 38.5 Å². The van der Waals surface area contributed by atoms with E-state index in [1.54, 1.807) is 11.8 Å². The van der Waals surface area contributed by atoms with E-state index < -0.39 is 23.8 Å². The van der Waals surface area contributed by atoms with Gasteiger partial charge < -0.3 is 15.3 Å². The highest BCUT2D eigenvalue weighted by molar-refractivity contribution is 5.74. The van der Waals surface area contributed by atoms with Gasteiger partial charge in [-0.25, -0.2) is 13.6 Å². The minimum Gasteiger partial charge on any atom is -0.386 e. The molecule has 0 aliphatic rings. The zero-order valence-electron chi connectivity index (χ0n) is 11.9. The Kier molecular flexibility index (Phi) is 5.88. The predicted octanol–water partition coefficient (Wildman–Crippen LogP) is 2.44. The average Bonchev–Trinajstić information content (AvgIpc) is 2.42. The topological polar surface area (TPSA) is 52.6 Å². The largest absolute Gasteiger partial charge is 0.386 e. The van der Waals surface area contributed by atoms with E-state index in [1.807, 2.05) is 13.8 Å². The first-order chi connectivity index (χ1) is 9.40. The van der Waals surface area contributed by atoms with E-state index in [0.29, 0.717) is 13.1 Å². The quantitative estimate of drug-likeness (QED) is 0.873. The number of aliphatic hydroxyl groups is 1. The normalized spacial score (nSPS) is 13.7. The van der Waals surface area contributed by atoms with Gasteiger partial charge in [-0.3, -0.25) is 0 Å². The number of urea groups is 1. The number of benzene rings is 1. The summed E-state index contributed by atoms with van der Waals surface area (Å²) in [6.45, 7) is 6.40. The number of nitrogens with zero attached hydrogens (tertiary/aromatic N) is 1. The average molecular weight is 286 g/mol. The van der Waals surface area contributed by atoms with E-state index in [9.17, 15) is 18.7 Å². The smallest absolute Gasteiger partial charge is 0.317 e. The number of carbonyl (C=O) groups excluding carboxylic acids is 1. The Morgan fingerprint density at radius 1 is 1.30 bits per heavy atom. The summed E-state index contributed by atoms with van der Waals surface area (Å²) in [5.74, 6) is -2.00. The molecule has 0 bridgehead atoms. The van der Waals surface area contributed by atoms with Crippen molar-refractivity contribution >= 4 is 6.03 Å². The second kappa shape index (κ2) is 7.19. The van der Waals surface area contributed by atoms with Gasteiger partial charge in [0.2, 0.25) is 0 Å².